The molecule has 0 saturated heterocycles. The summed E-state index contributed by atoms with van der Waals surface area (Å²) in [6, 6.07) is 8.55. The quantitative estimate of drug-likeness (QED) is 0.446. The van der Waals surface area contributed by atoms with Crippen LogP contribution in [-0.4, -0.2) is 24.2 Å². The van der Waals surface area contributed by atoms with Crippen molar-refractivity contribution in [2.24, 2.45) is 0 Å². The second-order valence-corrected chi connectivity index (χ2v) is 4.37. The topological polar surface area (TPSA) is 125 Å². The van der Waals surface area contributed by atoms with Gasteiger partial charge in [0.1, 0.15) is 11.3 Å². The number of carboxylic acids is 1. The summed E-state index contributed by atoms with van der Waals surface area (Å²) in [6.45, 7) is 0. The van der Waals surface area contributed by atoms with Crippen molar-refractivity contribution >= 4 is 23.3 Å². The maximum absolute atomic E-state index is 12.2. The number of carbonyl (C=O) groups is 2. The minimum Gasteiger partial charge on any atom is -0.496 e. The largest absolute Gasteiger partial charge is 0.496 e. The van der Waals surface area contributed by atoms with Crippen molar-refractivity contribution < 1.29 is 24.2 Å². The fraction of sp³-hybridized carbons (Fsp3) is 0.0667. The highest BCUT2D eigenvalue weighted by molar-refractivity contribution is 6.00. The van der Waals surface area contributed by atoms with E-state index in [-0.39, 0.29) is 34.0 Å². The van der Waals surface area contributed by atoms with Gasteiger partial charge in [0.15, 0.2) is 5.75 Å². The monoisotopic (exact) mass is 302 g/mol. The van der Waals surface area contributed by atoms with E-state index in [1.165, 1.54) is 31.4 Å². The van der Waals surface area contributed by atoms with Crippen LogP contribution in [0.4, 0.5) is 11.4 Å². The Bertz CT molecular complexity index is 743. The van der Waals surface area contributed by atoms with Crippen molar-refractivity contribution in [2.45, 2.75) is 0 Å². The van der Waals surface area contributed by atoms with Gasteiger partial charge in [0.2, 0.25) is 0 Å². The number of methoxy groups -OCH3 is 1. The average Bonchev–Trinajstić information content (AvgIpc) is 2.48. The van der Waals surface area contributed by atoms with Gasteiger partial charge in [-0.15, -0.1) is 0 Å². The van der Waals surface area contributed by atoms with Crippen LogP contribution in [0.15, 0.2) is 36.4 Å². The molecule has 0 amide bonds. The zero-order valence-electron chi connectivity index (χ0n) is 11.7. The fourth-order valence-corrected chi connectivity index (χ4v) is 1.86. The lowest BCUT2D eigenvalue weighted by molar-refractivity contribution is 0.0696. The minimum absolute atomic E-state index is 0.00546. The summed E-state index contributed by atoms with van der Waals surface area (Å²) >= 11 is 0. The van der Waals surface area contributed by atoms with E-state index in [0.29, 0.717) is 0 Å². The number of benzene rings is 2. The molecule has 0 bridgehead atoms. The smallest absolute Gasteiger partial charge is 0.349 e. The SMILES string of the molecule is COc1cccc(N)c1C(=O)Oc1ccc(C(=O)O)cc1N. The maximum atomic E-state index is 12.2. The van der Waals surface area contributed by atoms with E-state index < -0.39 is 11.9 Å². The first-order valence-electron chi connectivity index (χ1n) is 6.21. The van der Waals surface area contributed by atoms with Crippen molar-refractivity contribution in [3.05, 3.63) is 47.5 Å². The van der Waals surface area contributed by atoms with Gasteiger partial charge in [0.25, 0.3) is 0 Å². The lowest BCUT2D eigenvalue weighted by Gasteiger charge is -2.12. The molecule has 2 rings (SSSR count). The number of anilines is 2. The fourth-order valence-electron chi connectivity index (χ4n) is 1.86. The number of nitrogen functional groups attached to an aromatic ring is 2. The van der Waals surface area contributed by atoms with Crippen LogP contribution in [0.1, 0.15) is 20.7 Å². The molecule has 0 aliphatic carbocycles. The molecular formula is C15H14N2O5. The molecule has 0 heterocycles. The molecule has 114 valence electrons. The van der Waals surface area contributed by atoms with Gasteiger partial charge in [-0.25, -0.2) is 9.59 Å². The van der Waals surface area contributed by atoms with Gasteiger partial charge in [-0.1, -0.05) is 6.07 Å². The van der Waals surface area contributed by atoms with Gasteiger partial charge in [0.05, 0.1) is 18.4 Å². The van der Waals surface area contributed by atoms with Crippen LogP contribution < -0.4 is 20.9 Å². The Balaban J connectivity index is 2.32. The summed E-state index contributed by atoms with van der Waals surface area (Å²) in [7, 11) is 1.40. The summed E-state index contributed by atoms with van der Waals surface area (Å²) in [6.07, 6.45) is 0. The van der Waals surface area contributed by atoms with Gasteiger partial charge in [0, 0.05) is 5.69 Å². The lowest BCUT2D eigenvalue weighted by Crippen LogP contribution is -2.14. The molecule has 5 N–H and O–H groups in total. The van der Waals surface area contributed by atoms with Crippen LogP contribution in [-0.2, 0) is 0 Å². The van der Waals surface area contributed by atoms with E-state index in [1.54, 1.807) is 12.1 Å². The number of nitrogens with two attached hydrogens (primary N) is 2. The van der Waals surface area contributed by atoms with Crippen LogP contribution in [0, 0.1) is 0 Å². The Morgan fingerprint density at radius 2 is 1.77 bits per heavy atom. The molecule has 0 aromatic heterocycles. The Kier molecular flexibility index (Phi) is 4.17. The molecule has 0 atom stereocenters. The molecule has 0 aliphatic heterocycles. The van der Waals surface area contributed by atoms with Crippen LogP contribution in [0.5, 0.6) is 11.5 Å². The first-order valence-corrected chi connectivity index (χ1v) is 6.21. The van der Waals surface area contributed by atoms with Crippen molar-refractivity contribution in [1.82, 2.24) is 0 Å². The Hall–Kier alpha value is -3.22. The Labute approximate surface area is 126 Å². The first-order chi connectivity index (χ1) is 10.4. The first kappa shape index (κ1) is 15.2. The third-order valence-corrected chi connectivity index (χ3v) is 2.94. The molecule has 22 heavy (non-hydrogen) atoms. The highest BCUT2D eigenvalue weighted by Gasteiger charge is 2.19. The van der Waals surface area contributed by atoms with E-state index >= 15 is 0 Å². The van der Waals surface area contributed by atoms with Crippen LogP contribution in [0.3, 0.4) is 0 Å². The summed E-state index contributed by atoms with van der Waals surface area (Å²) in [5, 5.41) is 8.87. The molecule has 0 unspecified atom stereocenters. The number of rotatable bonds is 4. The summed E-state index contributed by atoms with van der Waals surface area (Å²) in [5.41, 5.74) is 11.8. The molecule has 0 spiro atoms. The lowest BCUT2D eigenvalue weighted by atomic mass is 10.1. The molecule has 0 fully saturated rings. The molecule has 2 aromatic carbocycles. The normalized spacial score (nSPS) is 10.0. The second kappa shape index (κ2) is 6.04. The van der Waals surface area contributed by atoms with E-state index in [1.807, 2.05) is 0 Å². The maximum Gasteiger partial charge on any atom is 0.349 e. The number of hydrogen-bond acceptors (Lipinski definition) is 6. The number of esters is 1. The zero-order valence-corrected chi connectivity index (χ0v) is 11.7. The van der Waals surface area contributed by atoms with Gasteiger partial charge in [-0.05, 0) is 30.3 Å². The minimum atomic E-state index is -1.13. The molecule has 0 saturated carbocycles. The predicted octanol–water partition coefficient (Wildman–Crippen LogP) is 1.78. The van der Waals surface area contributed by atoms with Crippen LogP contribution >= 0.6 is 0 Å². The number of carboxylic acid groups (broad SMARTS) is 1. The number of carbonyl (C=O) groups excluding carboxylic acids is 1. The molecule has 0 aliphatic rings. The Morgan fingerprint density at radius 1 is 1.05 bits per heavy atom. The summed E-state index contributed by atoms with van der Waals surface area (Å²) < 4.78 is 10.2. The van der Waals surface area contributed by atoms with Gasteiger partial charge >= 0.3 is 11.9 Å². The second-order valence-electron chi connectivity index (χ2n) is 4.37. The van der Waals surface area contributed by atoms with Crippen molar-refractivity contribution in [3.8, 4) is 11.5 Å². The van der Waals surface area contributed by atoms with E-state index in [9.17, 15) is 9.59 Å². The van der Waals surface area contributed by atoms with Crippen molar-refractivity contribution in [1.29, 1.82) is 0 Å². The third kappa shape index (κ3) is 2.93. The highest BCUT2D eigenvalue weighted by atomic mass is 16.5. The van der Waals surface area contributed by atoms with E-state index in [4.69, 9.17) is 26.0 Å². The predicted molar refractivity (Wildman–Crippen MR) is 80.2 cm³/mol. The van der Waals surface area contributed by atoms with Crippen molar-refractivity contribution in [2.75, 3.05) is 18.6 Å². The third-order valence-electron chi connectivity index (χ3n) is 2.94. The molecule has 7 heteroatoms. The number of ether oxygens (including phenoxy) is 2. The number of hydrogen-bond donors (Lipinski definition) is 3. The van der Waals surface area contributed by atoms with Gasteiger partial charge in [-0.3, -0.25) is 0 Å². The van der Waals surface area contributed by atoms with Gasteiger partial charge < -0.3 is 26.0 Å². The summed E-state index contributed by atoms with van der Waals surface area (Å²) in [4.78, 5) is 23.1. The molecule has 7 nitrogen and oxygen atoms in total. The van der Waals surface area contributed by atoms with Gasteiger partial charge in [-0.2, -0.15) is 0 Å². The van der Waals surface area contributed by atoms with E-state index in [2.05, 4.69) is 0 Å². The molecule has 2 aromatic rings. The average molecular weight is 302 g/mol. The molecule has 0 radical (unpaired) electrons. The highest BCUT2D eigenvalue weighted by Crippen LogP contribution is 2.28. The zero-order chi connectivity index (χ0) is 16.3. The Morgan fingerprint density at radius 3 is 2.36 bits per heavy atom. The number of aromatic carboxylic acids is 1. The molecular weight excluding hydrogens is 288 g/mol. The standard InChI is InChI=1S/C15H14N2O5/c1-21-12-4-2-3-9(16)13(12)15(20)22-11-6-5-8(14(18)19)7-10(11)17/h2-7H,16-17H2,1H3,(H,18,19). The van der Waals surface area contributed by atoms with Crippen molar-refractivity contribution in [3.63, 3.8) is 0 Å². The van der Waals surface area contributed by atoms with Crippen LogP contribution in [0.25, 0.3) is 0 Å². The summed E-state index contributed by atoms with van der Waals surface area (Å²) in [5.74, 6) is -1.56. The van der Waals surface area contributed by atoms with Crippen LogP contribution in [0.2, 0.25) is 0 Å². The van der Waals surface area contributed by atoms with E-state index in [0.717, 1.165) is 0 Å².